The molecule has 1 rings (SSSR count). The van der Waals surface area contributed by atoms with Gasteiger partial charge in [-0.1, -0.05) is 0 Å². The van der Waals surface area contributed by atoms with Crippen LogP contribution < -0.4 is 5.32 Å². The predicted molar refractivity (Wildman–Crippen MR) is 56.5 cm³/mol. The number of nitrogens with one attached hydrogen (secondary N) is 1. The van der Waals surface area contributed by atoms with E-state index in [1.807, 2.05) is 20.2 Å². The highest BCUT2D eigenvalue weighted by molar-refractivity contribution is 5.14. The molecule has 0 aliphatic heterocycles. The van der Waals surface area contributed by atoms with Gasteiger partial charge < -0.3 is 10.1 Å². The molecule has 1 aromatic heterocycles. The topological polar surface area (TPSA) is 39.1 Å². The number of aromatic nitrogens is 2. The number of nitrogens with zero attached hydrogens (tertiary/aromatic N) is 2. The Morgan fingerprint density at radius 3 is 2.71 bits per heavy atom. The second-order valence-corrected chi connectivity index (χ2v) is 3.76. The Bertz CT molecular complexity index is 349. The van der Waals surface area contributed by atoms with Crippen molar-refractivity contribution in [2.45, 2.75) is 19.6 Å². The van der Waals surface area contributed by atoms with Crippen LogP contribution in [-0.2, 0) is 18.3 Å². The van der Waals surface area contributed by atoms with E-state index in [1.165, 1.54) is 0 Å². The molecule has 0 unspecified atom stereocenters. The molecule has 0 fully saturated rings. The lowest BCUT2D eigenvalue weighted by atomic mass is 10.2. The SMILES string of the molecule is Cc1nn(C)cc1CNCCOCC(F)(F)F. The maximum atomic E-state index is 11.7. The Labute approximate surface area is 97.8 Å². The molecule has 17 heavy (non-hydrogen) atoms. The number of halogens is 3. The Kier molecular flexibility index (Phi) is 4.95. The van der Waals surface area contributed by atoms with E-state index in [2.05, 4.69) is 15.2 Å². The van der Waals surface area contributed by atoms with Crippen LogP contribution in [0.2, 0.25) is 0 Å². The highest BCUT2D eigenvalue weighted by Gasteiger charge is 2.27. The minimum absolute atomic E-state index is 0.0405. The summed E-state index contributed by atoms with van der Waals surface area (Å²) in [4.78, 5) is 0. The van der Waals surface area contributed by atoms with Gasteiger partial charge in [0.2, 0.25) is 0 Å². The summed E-state index contributed by atoms with van der Waals surface area (Å²) in [5, 5.41) is 7.15. The second-order valence-electron chi connectivity index (χ2n) is 3.76. The summed E-state index contributed by atoms with van der Waals surface area (Å²) in [6.07, 6.45) is -2.38. The van der Waals surface area contributed by atoms with Gasteiger partial charge in [0, 0.05) is 31.9 Å². The summed E-state index contributed by atoms with van der Waals surface area (Å²) in [6, 6.07) is 0. The minimum Gasteiger partial charge on any atom is -0.371 e. The Hall–Kier alpha value is -1.08. The van der Waals surface area contributed by atoms with Crippen LogP contribution in [0.15, 0.2) is 6.20 Å². The molecule has 0 saturated carbocycles. The van der Waals surface area contributed by atoms with Crippen LogP contribution >= 0.6 is 0 Å². The lowest BCUT2D eigenvalue weighted by Gasteiger charge is -2.08. The molecule has 0 aliphatic rings. The molecule has 7 heteroatoms. The van der Waals surface area contributed by atoms with Gasteiger partial charge in [0.1, 0.15) is 6.61 Å². The van der Waals surface area contributed by atoms with Gasteiger partial charge in [-0.05, 0) is 6.92 Å². The third-order valence-corrected chi connectivity index (χ3v) is 2.12. The molecular formula is C10H16F3N3O. The van der Waals surface area contributed by atoms with Gasteiger partial charge in [-0.15, -0.1) is 0 Å². The van der Waals surface area contributed by atoms with E-state index in [0.717, 1.165) is 11.3 Å². The summed E-state index contributed by atoms with van der Waals surface area (Å²) in [7, 11) is 1.82. The summed E-state index contributed by atoms with van der Waals surface area (Å²) in [5.74, 6) is 0. The Balaban J connectivity index is 2.11. The van der Waals surface area contributed by atoms with E-state index in [4.69, 9.17) is 0 Å². The van der Waals surface area contributed by atoms with Crippen LogP contribution in [0.4, 0.5) is 13.2 Å². The van der Waals surface area contributed by atoms with Gasteiger partial charge in [0.15, 0.2) is 0 Å². The van der Waals surface area contributed by atoms with Gasteiger partial charge in [0.05, 0.1) is 12.3 Å². The van der Waals surface area contributed by atoms with Crippen molar-refractivity contribution in [1.29, 1.82) is 0 Å². The zero-order valence-electron chi connectivity index (χ0n) is 9.84. The fraction of sp³-hybridized carbons (Fsp3) is 0.700. The second kappa shape index (κ2) is 6.02. The molecule has 1 N–H and O–H groups in total. The third kappa shape index (κ3) is 5.69. The highest BCUT2D eigenvalue weighted by Crippen LogP contribution is 2.13. The highest BCUT2D eigenvalue weighted by atomic mass is 19.4. The minimum atomic E-state index is -4.25. The largest absolute Gasteiger partial charge is 0.411 e. The number of aryl methyl sites for hydroxylation is 2. The first-order valence-corrected chi connectivity index (χ1v) is 5.23. The number of ether oxygens (including phenoxy) is 1. The predicted octanol–water partition coefficient (Wildman–Crippen LogP) is 1.40. The van der Waals surface area contributed by atoms with Crippen LogP contribution in [-0.4, -0.2) is 35.7 Å². The van der Waals surface area contributed by atoms with Gasteiger partial charge in [-0.2, -0.15) is 18.3 Å². The molecule has 0 saturated heterocycles. The molecular weight excluding hydrogens is 235 g/mol. The third-order valence-electron chi connectivity index (χ3n) is 2.12. The molecule has 98 valence electrons. The van der Waals surface area contributed by atoms with Gasteiger partial charge in [-0.3, -0.25) is 4.68 Å². The fourth-order valence-electron chi connectivity index (χ4n) is 1.38. The molecule has 0 bridgehead atoms. The molecule has 0 aliphatic carbocycles. The normalized spacial score (nSPS) is 12.1. The molecule has 0 atom stereocenters. The first-order valence-electron chi connectivity index (χ1n) is 5.23. The van der Waals surface area contributed by atoms with Crippen molar-refractivity contribution in [1.82, 2.24) is 15.1 Å². The van der Waals surface area contributed by atoms with Gasteiger partial charge in [0.25, 0.3) is 0 Å². The first-order chi connectivity index (χ1) is 7.88. The quantitative estimate of drug-likeness (QED) is 0.777. The number of hydrogen-bond donors (Lipinski definition) is 1. The average molecular weight is 251 g/mol. The molecule has 0 spiro atoms. The molecule has 4 nitrogen and oxygen atoms in total. The average Bonchev–Trinajstić information content (AvgIpc) is 2.49. The van der Waals surface area contributed by atoms with Crippen molar-refractivity contribution < 1.29 is 17.9 Å². The van der Waals surface area contributed by atoms with Crippen molar-refractivity contribution in [3.05, 3.63) is 17.5 Å². The summed E-state index contributed by atoms with van der Waals surface area (Å²) >= 11 is 0. The maximum Gasteiger partial charge on any atom is 0.411 e. The molecule has 1 aromatic rings. The van der Waals surface area contributed by atoms with Crippen LogP contribution in [0.3, 0.4) is 0 Å². The zero-order chi connectivity index (χ0) is 12.9. The van der Waals surface area contributed by atoms with Crippen LogP contribution in [0, 0.1) is 6.92 Å². The van der Waals surface area contributed by atoms with Crippen LogP contribution in [0.25, 0.3) is 0 Å². The smallest absolute Gasteiger partial charge is 0.371 e. The van der Waals surface area contributed by atoms with Crippen molar-refractivity contribution in [3.63, 3.8) is 0 Å². The molecule has 0 amide bonds. The maximum absolute atomic E-state index is 11.7. The fourth-order valence-corrected chi connectivity index (χ4v) is 1.38. The Morgan fingerprint density at radius 2 is 2.18 bits per heavy atom. The van der Waals surface area contributed by atoms with E-state index < -0.39 is 12.8 Å². The van der Waals surface area contributed by atoms with Gasteiger partial charge >= 0.3 is 6.18 Å². The Morgan fingerprint density at radius 1 is 1.47 bits per heavy atom. The van der Waals surface area contributed by atoms with E-state index in [9.17, 15) is 13.2 Å². The lowest BCUT2D eigenvalue weighted by molar-refractivity contribution is -0.173. The summed E-state index contributed by atoms with van der Waals surface area (Å²) < 4.78 is 41.4. The lowest BCUT2D eigenvalue weighted by Crippen LogP contribution is -2.23. The van der Waals surface area contributed by atoms with Crippen molar-refractivity contribution in [2.24, 2.45) is 7.05 Å². The molecule has 0 aromatic carbocycles. The summed E-state index contributed by atoms with van der Waals surface area (Å²) in [5.41, 5.74) is 1.94. The van der Waals surface area contributed by atoms with E-state index >= 15 is 0 Å². The van der Waals surface area contributed by atoms with E-state index in [0.29, 0.717) is 13.1 Å². The standard InChI is InChI=1S/C10H16F3N3O/c1-8-9(6-16(2)15-8)5-14-3-4-17-7-10(11,12)13/h6,14H,3-5,7H2,1-2H3. The molecule has 1 heterocycles. The number of rotatable bonds is 6. The van der Waals surface area contributed by atoms with E-state index in [1.54, 1.807) is 4.68 Å². The van der Waals surface area contributed by atoms with Crippen molar-refractivity contribution >= 4 is 0 Å². The van der Waals surface area contributed by atoms with Crippen LogP contribution in [0.5, 0.6) is 0 Å². The van der Waals surface area contributed by atoms with Crippen molar-refractivity contribution in [3.8, 4) is 0 Å². The van der Waals surface area contributed by atoms with Crippen LogP contribution in [0.1, 0.15) is 11.3 Å². The molecule has 0 radical (unpaired) electrons. The number of hydrogen-bond acceptors (Lipinski definition) is 3. The van der Waals surface area contributed by atoms with Crippen molar-refractivity contribution in [2.75, 3.05) is 19.8 Å². The number of alkyl halides is 3. The monoisotopic (exact) mass is 251 g/mol. The zero-order valence-corrected chi connectivity index (χ0v) is 9.84. The summed E-state index contributed by atoms with van der Waals surface area (Å²) in [6.45, 7) is 1.69. The first kappa shape index (κ1) is 14.0. The van der Waals surface area contributed by atoms with E-state index in [-0.39, 0.29) is 6.61 Å². The van der Waals surface area contributed by atoms with Gasteiger partial charge in [-0.25, -0.2) is 0 Å².